The Balaban J connectivity index is 2.25. The van der Waals surface area contributed by atoms with Crippen LogP contribution in [0.5, 0.6) is 0 Å². The molecule has 3 nitrogen and oxygen atoms in total. The third kappa shape index (κ3) is 3.22. The van der Waals surface area contributed by atoms with Gasteiger partial charge >= 0.3 is 0 Å². The summed E-state index contributed by atoms with van der Waals surface area (Å²) >= 11 is 1.23. The smallest absolute Gasteiger partial charge is 0.123 e. The van der Waals surface area contributed by atoms with Crippen molar-refractivity contribution in [2.24, 2.45) is 0 Å². The Kier molecular flexibility index (Phi) is 4.20. The van der Waals surface area contributed by atoms with Crippen LogP contribution in [0.1, 0.15) is 48.6 Å². The monoisotopic (exact) mass is 294 g/mol. The Bertz CT molecular complexity index is 604. The van der Waals surface area contributed by atoms with Crippen molar-refractivity contribution in [3.05, 3.63) is 45.7 Å². The van der Waals surface area contributed by atoms with Crippen LogP contribution in [0.15, 0.2) is 18.2 Å². The van der Waals surface area contributed by atoms with Gasteiger partial charge in [-0.15, -0.1) is 5.10 Å². The van der Waals surface area contributed by atoms with Crippen LogP contribution in [0.2, 0.25) is 0 Å². The quantitative estimate of drug-likeness (QED) is 0.941. The first-order chi connectivity index (χ1) is 9.29. The summed E-state index contributed by atoms with van der Waals surface area (Å²) in [4.78, 5) is 0.793. The van der Waals surface area contributed by atoms with Gasteiger partial charge in [0.25, 0.3) is 0 Å². The fourth-order valence-corrected chi connectivity index (χ4v) is 2.97. The Morgan fingerprint density at radius 3 is 2.65 bits per heavy atom. The minimum atomic E-state index is -0.659. The average molecular weight is 294 g/mol. The lowest BCUT2D eigenvalue weighted by molar-refractivity contribution is 0.179. The van der Waals surface area contributed by atoms with Crippen LogP contribution in [-0.4, -0.2) is 14.7 Å². The van der Waals surface area contributed by atoms with Gasteiger partial charge in [-0.05, 0) is 41.7 Å². The fraction of sp³-hybridized carbons (Fsp3) is 0.467. The van der Waals surface area contributed by atoms with Crippen molar-refractivity contribution in [2.45, 2.75) is 45.6 Å². The molecule has 0 saturated carbocycles. The largest absolute Gasteiger partial charge is 0.387 e. The highest BCUT2D eigenvalue weighted by molar-refractivity contribution is 7.05. The van der Waals surface area contributed by atoms with E-state index in [0.29, 0.717) is 6.42 Å². The van der Waals surface area contributed by atoms with Crippen molar-refractivity contribution in [2.75, 3.05) is 0 Å². The Labute approximate surface area is 122 Å². The maximum absolute atomic E-state index is 13.1. The van der Waals surface area contributed by atoms with E-state index < -0.39 is 6.10 Å². The number of benzene rings is 1. The Morgan fingerprint density at radius 2 is 2.05 bits per heavy atom. The summed E-state index contributed by atoms with van der Waals surface area (Å²) < 4.78 is 17.1. The number of halogens is 1. The van der Waals surface area contributed by atoms with E-state index in [1.54, 1.807) is 6.07 Å². The van der Waals surface area contributed by atoms with Crippen molar-refractivity contribution in [3.63, 3.8) is 0 Å². The van der Waals surface area contributed by atoms with Gasteiger partial charge in [0.1, 0.15) is 5.82 Å². The van der Waals surface area contributed by atoms with E-state index in [4.69, 9.17) is 0 Å². The molecule has 0 amide bonds. The first-order valence-corrected chi connectivity index (χ1v) is 7.32. The number of aryl methyl sites for hydroxylation is 1. The van der Waals surface area contributed by atoms with Crippen LogP contribution >= 0.6 is 11.5 Å². The summed E-state index contributed by atoms with van der Waals surface area (Å²) in [5.41, 5.74) is 2.46. The maximum atomic E-state index is 13.1. The maximum Gasteiger partial charge on any atom is 0.123 e. The Morgan fingerprint density at radius 1 is 1.35 bits per heavy atom. The van der Waals surface area contributed by atoms with Crippen LogP contribution < -0.4 is 0 Å². The second-order valence-corrected chi connectivity index (χ2v) is 6.81. The number of hydrogen-bond acceptors (Lipinski definition) is 4. The average Bonchev–Trinajstić information content (AvgIpc) is 2.81. The second kappa shape index (κ2) is 5.58. The molecule has 0 aliphatic rings. The van der Waals surface area contributed by atoms with Gasteiger partial charge in [0.05, 0.1) is 16.7 Å². The zero-order valence-corrected chi connectivity index (χ0v) is 13.0. The van der Waals surface area contributed by atoms with Crippen molar-refractivity contribution in [1.29, 1.82) is 0 Å². The van der Waals surface area contributed by atoms with Gasteiger partial charge in [-0.25, -0.2) is 4.39 Å². The van der Waals surface area contributed by atoms with Crippen molar-refractivity contribution in [3.8, 4) is 0 Å². The predicted octanol–water partition coefficient (Wildman–Crippen LogP) is 3.56. The number of aliphatic hydroxyl groups is 1. The third-order valence-electron chi connectivity index (χ3n) is 3.24. The molecule has 0 bridgehead atoms. The van der Waals surface area contributed by atoms with Crippen LogP contribution in [0.3, 0.4) is 0 Å². The van der Waals surface area contributed by atoms with E-state index in [9.17, 15) is 9.50 Å². The van der Waals surface area contributed by atoms with Crippen LogP contribution in [0.4, 0.5) is 4.39 Å². The molecule has 2 aromatic rings. The topological polar surface area (TPSA) is 46.0 Å². The van der Waals surface area contributed by atoms with Crippen molar-refractivity contribution >= 4 is 11.5 Å². The molecule has 1 aromatic heterocycles. The molecule has 0 saturated heterocycles. The van der Waals surface area contributed by atoms with Gasteiger partial charge < -0.3 is 5.11 Å². The van der Waals surface area contributed by atoms with E-state index in [1.807, 2.05) is 27.7 Å². The highest BCUT2D eigenvalue weighted by Crippen LogP contribution is 2.32. The van der Waals surface area contributed by atoms with Crippen LogP contribution in [0, 0.1) is 12.7 Å². The second-order valence-electron chi connectivity index (χ2n) is 6.03. The summed E-state index contributed by atoms with van der Waals surface area (Å²) in [6.45, 7) is 7.98. The first-order valence-electron chi connectivity index (χ1n) is 6.55. The third-order valence-corrected chi connectivity index (χ3v) is 4.07. The van der Waals surface area contributed by atoms with E-state index >= 15 is 0 Å². The highest BCUT2D eigenvalue weighted by atomic mass is 32.1. The molecule has 1 atom stereocenters. The zero-order chi connectivity index (χ0) is 14.9. The van der Waals surface area contributed by atoms with Crippen molar-refractivity contribution < 1.29 is 9.50 Å². The molecule has 0 fully saturated rings. The van der Waals surface area contributed by atoms with Gasteiger partial charge in [0.2, 0.25) is 0 Å². The summed E-state index contributed by atoms with van der Waals surface area (Å²) in [7, 11) is 0. The molecule has 0 aliphatic carbocycles. The van der Waals surface area contributed by atoms with Crippen LogP contribution in [-0.2, 0) is 11.8 Å². The van der Waals surface area contributed by atoms with Gasteiger partial charge in [-0.2, -0.15) is 0 Å². The lowest BCUT2D eigenvalue weighted by Crippen LogP contribution is -2.16. The molecule has 5 heteroatoms. The standard InChI is InChI=1S/C15H19FN2OS/c1-9-7-11(16)6-5-10(9)8-12(19)13-14(15(2,3)4)17-18-20-13/h5-7,12,19H,8H2,1-4H3. The fourth-order valence-electron chi connectivity index (χ4n) is 2.13. The molecule has 1 N–H and O–H groups in total. The Hall–Kier alpha value is -1.33. The molecule has 0 aliphatic heterocycles. The number of hydrogen-bond donors (Lipinski definition) is 1. The lowest BCUT2D eigenvalue weighted by Gasteiger charge is -2.19. The van der Waals surface area contributed by atoms with Gasteiger partial charge in [0, 0.05) is 11.8 Å². The number of rotatable bonds is 3. The number of aromatic nitrogens is 2. The first kappa shape index (κ1) is 15.1. The van der Waals surface area contributed by atoms with Crippen molar-refractivity contribution in [1.82, 2.24) is 9.59 Å². The summed E-state index contributed by atoms with van der Waals surface area (Å²) in [5, 5.41) is 14.6. The molecule has 20 heavy (non-hydrogen) atoms. The minimum Gasteiger partial charge on any atom is -0.387 e. The minimum absolute atomic E-state index is 0.152. The normalized spacial score (nSPS) is 13.5. The number of aliphatic hydroxyl groups excluding tert-OH is 1. The van der Waals surface area contributed by atoms with E-state index in [1.165, 1.54) is 23.7 Å². The van der Waals surface area contributed by atoms with Gasteiger partial charge in [-0.3, -0.25) is 0 Å². The lowest BCUT2D eigenvalue weighted by atomic mass is 9.89. The van der Waals surface area contributed by atoms with Gasteiger partial charge in [-0.1, -0.05) is 31.3 Å². The highest BCUT2D eigenvalue weighted by Gasteiger charge is 2.26. The molecule has 1 aromatic carbocycles. The molecular formula is C15H19FN2OS. The molecule has 0 spiro atoms. The molecule has 1 heterocycles. The molecule has 1 unspecified atom stereocenters. The molecule has 108 valence electrons. The number of nitrogens with zero attached hydrogens (tertiary/aromatic N) is 2. The molecular weight excluding hydrogens is 275 g/mol. The zero-order valence-electron chi connectivity index (χ0n) is 12.1. The SMILES string of the molecule is Cc1cc(F)ccc1CC(O)c1snnc1C(C)(C)C. The molecule has 2 rings (SSSR count). The summed E-state index contributed by atoms with van der Waals surface area (Å²) in [6.07, 6.45) is -0.215. The van der Waals surface area contributed by atoms with Gasteiger partial charge in [0.15, 0.2) is 0 Å². The van der Waals surface area contributed by atoms with Crippen LogP contribution in [0.25, 0.3) is 0 Å². The summed E-state index contributed by atoms with van der Waals surface area (Å²) in [6, 6.07) is 4.63. The van der Waals surface area contributed by atoms with E-state index in [2.05, 4.69) is 9.59 Å². The van der Waals surface area contributed by atoms with E-state index in [0.717, 1.165) is 21.7 Å². The summed E-state index contributed by atoms with van der Waals surface area (Å²) in [5.74, 6) is -0.254. The predicted molar refractivity (Wildman–Crippen MR) is 78.4 cm³/mol. The van der Waals surface area contributed by atoms with E-state index in [-0.39, 0.29) is 11.2 Å². The molecule has 0 radical (unpaired) electrons.